The second-order valence-corrected chi connectivity index (χ2v) is 10.6. The molecule has 40 heavy (non-hydrogen) atoms. The summed E-state index contributed by atoms with van der Waals surface area (Å²) in [6.07, 6.45) is 5.15. The number of aliphatic hydroxyl groups is 2. The highest BCUT2D eigenvalue weighted by Gasteiger charge is 2.48. The van der Waals surface area contributed by atoms with E-state index in [2.05, 4.69) is 16.4 Å². The van der Waals surface area contributed by atoms with Crippen molar-refractivity contribution in [3.63, 3.8) is 0 Å². The van der Waals surface area contributed by atoms with Crippen LogP contribution in [0.4, 0.5) is 0 Å². The molecule has 1 aliphatic heterocycles. The third-order valence-electron chi connectivity index (χ3n) is 7.37. The lowest BCUT2D eigenvalue weighted by atomic mass is 9.92. The van der Waals surface area contributed by atoms with Gasteiger partial charge in [-0.15, -0.1) is 0 Å². The number of nitrogens with one attached hydrogen (secondary N) is 2. The van der Waals surface area contributed by atoms with Gasteiger partial charge in [-0.1, -0.05) is 78.4 Å². The van der Waals surface area contributed by atoms with Crippen LogP contribution in [0.5, 0.6) is 0 Å². The van der Waals surface area contributed by atoms with Crippen molar-refractivity contribution in [2.45, 2.75) is 38.1 Å². The lowest BCUT2D eigenvalue weighted by Crippen LogP contribution is -2.48. The fourth-order valence-electron chi connectivity index (χ4n) is 5.25. The molecular formula is C32H34ClN3O4. The van der Waals surface area contributed by atoms with E-state index < -0.39 is 24.2 Å². The lowest BCUT2D eigenvalue weighted by molar-refractivity contribution is -0.192. The van der Waals surface area contributed by atoms with Gasteiger partial charge in [0.25, 0.3) is 0 Å². The predicted octanol–water partition coefficient (Wildman–Crippen LogP) is 4.82. The minimum atomic E-state index is -0.843. The van der Waals surface area contributed by atoms with E-state index in [9.17, 15) is 15.0 Å². The molecule has 4 atom stereocenters. The van der Waals surface area contributed by atoms with E-state index >= 15 is 0 Å². The summed E-state index contributed by atoms with van der Waals surface area (Å²) in [6.45, 7) is 2.12. The van der Waals surface area contributed by atoms with Gasteiger partial charge in [-0.3, -0.25) is 9.63 Å². The maximum atomic E-state index is 13.4. The van der Waals surface area contributed by atoms with Crippen LogP contribution in [0, 0.1) is 5.92 Å². The first-order valence-electron chi connectivity index (χ1n) is 13.5. The second kappa shape index (κ2) is 12.8. The van der Waals surface area contributed by atoms with Gasteiger partial charge in [0.2, 0.25) is 5.91 Å². The molecule has 0 spiro atoms. The molecule has 2 heterocycles. The Morgan fingerprint density at radius 2 is 1.75 bits per heavy atom. The van der Waals surface area contributed by atoms with Gasteiger partial charge >= 0.3 is 0 Å². The second-order valence-electron chi connectivity index (χ2n) is 10.2. The molecule has 1 aromatic heterocycles. The standard InChI is InChI=1S/C32H34ClN3O4/c1-21(38)31-28(20-37)30(32(39)34-17-16-25-18-35-29-5-3-2-4-27(25)29)36(40-31)19-24-10-8-22(9-11-24)6-7-23-12-14-26(33)15-13-23/h2-15,18,21,28,30-31,35,37-38H,16-17,19-20H2,1H3,(H,34,39)/b7-6+/t21-,28-,30-,31-/m0/s1. The van der Waals surface area contributed by atoms with Crippen LogP contribution in [0.25, 0.3) is 23.1 Å². The van der Waals surface area contributed by atoms with Gasteiger partial charge in [0.15, 0.2) is 0 Å². The van der Waals surface area contributed by atoms with Crippen LogP contribution in [-0.2, 0) is 22.6 Å². The fourth-order valence-corrected chi connectivity index (χ4v) is 5.37. The Labute approximate surface area is 239 Å². The van der Waals surface area contributed by atoms with Crippen LogP contribution in [0.3, 0.4) is 0 Å². The Morgan fingerprint density at radius 1 is 1.07 bits per heavy atom. The number of carbonyl (C=O) groups is 1. The number of aromatic nitrogens is 1. The molecule has 0 saturated carbocycles. The first-order chi connectivity index (χ1) is 19.4. The minimum absolute atomic E-state index is 0.232. The third kappa shape index (κ3) is 6.46. The highest BCUT2D eigenvalue weighted by atomic mass is 35.5. The Kier molecular flexibility index (Phi) is 8.99. The Bertz CT molecular complexity index is 1450. The van der Waals surface area contributed by atoms with Crippen LogP contribution in [-0.4, -0.2) is 57.6 Å². The number of para-hydroxylation sites is 1. The summed E-state index contributed by atoms with van der Waals surface area (Å²) >= 11 is 5.96. The number of hydroxylamine groups is 2. The van der Waals surface area contributed by atoms with Gasteiger partial charge < -0.3 is 20.5 Å². The number of fused-ring (bicyclic) bond motifs is 1. The van der Waals surface area contributed by atoms with Crippen LogP contribution in [0.1, 0.15) is 29.2 Å². The number of aliphatic hydroxyl groups excluding tert-OH is 2. The van der Waals surface area contributed by atoms with Crippen LogP contribution in [0.2, 0.25) is 5.02 Å². The van der Waals surface area contributed by atoms with Crippen molar-refractivity contribution >= 4 is 40.6 Å². The number of hydrogen-bond donors (Lipinski definition) is 4. The molecule has 1 amide bonds. The maximum Gasteiger partial charge on any atom is 0.240 e. The summed E-state index contributed by atoms with van der Waals surface area (Å²) in [4.78, 5) is 22.7. The van der Waals surface area contributed by atoms with Crippen molar-refractivity contribution in [2.24, 2.45) is 5.92 Å². The van der Waals surface area contributed by atoms with Crippen molar-refractivity contribution in [3.05, 3.63) is 106 Å². The third-order valence-corrected chi connectivity index (χ3v) is 7.63. The van der Waals surface area contributed by atoms with E-state index in [1.165, 1.54) is 0 Å². The van der Waals surface area contributed by atoms with Gasteiger partial charge in [-0.05, 0) is 53.8 Å². The van der Waals surface area contributed by atoms with Gasteiger partial charge in [0, 0.05) is 34.6 Å². The Hall–Kier alpha value is -3.46. The Balaban J connectivity index is 1.25. The molecule has 5 rings (SSSR count). The van der Waals surface area contributed by atoms with Crippen molar-refractivity contribution in [1.82, 2.24) is 15.4 Å². The number of nitrogens with zero attached hydrogens (tertiary/aromatic N) is 1. The largest absolute Gasteiger partial charge is 0.396 e. The molecule has 7 nitrogen and oxygen atoms in total. The van der Waals surface area contributed by atoms with Crippen molar-refractivity contribution in [1.29, 1.82) is 0 Å². The summed E-state index contributed by atoms with van der Waals surface area (Å²) in [5, 5.41) is 27.0. The van der Waals surface area contributed by atoms with Crippen molar-refractivity contribution < 1.29 is 19.8 Å². The molecule has 1 fully saturated rings. The van der Waals surface area contributed by atoms with Gasteiger partial charge in [-0.2, -0.15) is 5.06 Å². The van der Waals surface area contributed by atoms with E-state index in [4.69, 9.17) is 16.4 Å². The average Bonchev–Trinajstić information content (AvgIpc) is 3.55. The molecular weight excluding hydrogens is 526 g/mol. The predicted molar refractivity (Wildman–Crippen MR) is 158 cm³/mol. The summed E-state index contributed by atoms with van der Waals surface area (Å²) in [5.41, 5.74) is 5.22. The molecule has 0 aliphatic carbocycles. The highest BCUT2D eigenvalue weighted by Crippen LogP contribution is 2.31. The maximum absolute atomic E-state index is 13.4. The molecule has 208 valence electrons. The number of H-pyrrole nitrogens is 1. The first kappa shape index (κ1) is 28.1. The zero-order valence-corrected chi connectivity index (χ0v) is 23.1. The van der Waals surface area contributed by atoms with Crippen LogP contribution in [0.15, 0.2) is 79.0 Å². The summed E-state index contributed by atoms with van der Waals surface area (Å²) in [7, 11) is 0. The zero-order chi connectivity index (χ0) is 28.1. The molecule has 4 N–H and O–H groups in total. The van der Waals surface area contributed by atoms with Gasteiger partial charge in [-0.25, -0.2) is 0 Å². The fraction of sp³-hybridized carbons (Fsp3) is 0.281. The van der Waals surface area contributed by atoms with Crippen LogP contribution >= 0.6 is 11.6 Å². The number of amides is 1. The quantitative estimate of drug-likeness (QED) is 0.209. The Morgan fingerprint density at radius 3 is 2.42 bits per heavy atom. The van der Waals surface area contributed by atoms with E-state index in [0.29, 0.717) is 24.5 Å². The highest BCUT2D eigenvalue weighted by molar-refractivity contribution is 6.30. The smallest absolute Gasteiger partial charge is 0.240 e. The lowest BCUT2D eigenvalue weighted by Gasteiger charge is -2.24. The van der Waals surface area contributed by atoms with Gasteiger partial charge in [0.05, 0.1) is 19.3 Å². The van der Waals surface area contributed by atoms with E-state index in [0.717, 1.165) is 33.2 Å². The van der Waals surface area contributed by atoms with E-state index in [-0.39, 0.29) is 12.5 Å². The zero-order valence-electron chi connectivity index (χ0n) is 22.3. The molecule has 0 radical (unpaired) electrons. The number of carbonyl (C=O) groups excluding carboxylic acids is 1. The van der Waals surface area contributed by atoms with E-state index in [1.54, 1.807) is 12.0 Å². The van der Waals surface area contributed by atoms with Crippen LogP contribution < -0.4 is 5.32 Å². The first-order valence-corrected chi connectivity index (χ1v) is 13.9. The molecule has 4 aromatic rings. The molecule has 8 heteroatoms. The normalized spacial score (nSPS) is 20.4. The topological polar surface area (TPSA) is 97.8 Å². The molecule has 1 aliphatic rings. The number of rotatable bonds is 10. The summed E-state index contributed by atoms with van der Waals surface area (Å²) < 4.78 is 0. The monoisotopic (exact) mass is 559 g/mol. The minimum Gasteiger partial charge on any atom is -0.396 e. The molecule has 1 saturated heterocycles. The van der Waals surface area contributed by atoms with Crippen molar-refractivity contribution in [3.8, 4) is 0 Å². The SMILES string of the molecule is C[C@H](O)[C@@H]1ON(Cc2ccc(/C=C/c3ccc(Cl)cc3)cc2)[C@H](C(=O)NCCc2c[nH]c3ccccc23)[C@@H]1CO. The van der Waals surface area contributed by atoms with E-state index in [1.807, 2.05) is 85.1 Å². The summed E-state index contributed by atoms with van der Waals surface area (Å²) in [6, 6.07) is 22.9. The molecule has 0 unspecified atom stereocenters. The number of benzene rings is 3. The number of aromatic amines is 1. The number of halogens is 1. The summed E-state index contributed by atoms with van der Waals surface area (Å²) in [5.74, 6) is -0.792. The number of hydrogen-bond acceptors (Lipinski definition) is 5. The molecule has 0 bridgehead atoms. The van der Waals surface area contributed by atoms with Crippen molar-refractivity contribution in [2.75, 3.05) is 13.2 Å². The average molecular weight is 560 g/mol. The van der Waals surface area contributed by atoms with Gasteiger partial charge in [0.1, 0.15) is 12.1 Å². The molecule has 3 aromatic carbocycles.